The fourth-order valence-corrected chi connectivity index (χ4v) is 3.02. The van der Waals surface area contributed by atoms with Crippen LogP contribution in [-0.2, 0) is 14.3 Å². The number of amides is 2. The summed E-state index contributed by atoms with van der Waals surface area (Å²) in [4.78, 5) is 26.7. The monoisotopic (exact) mass is 346 g/mol. The van der Waals surface area contributed by atoms with Crippen LogP contribution in [0.2, 0.25) is 0 Å². The smallest absolute Gasteiger partial charge is 0.244 e. The van der Waals surface area contributed by atoms with Crippen molar-refractivity contribution >= 4 is 17.5 Å². The SMILES string of the molecule is Cc1cccc(NC(=O)CN(CC2CCCO2)C(=O)CC(C)C)c1C. The van der Waals surface area contributed by atoms with Crippen LogP contribution in [0.25, 0.3) is 0 Å². The Morgan fingerprint density at radius 2 is 2.08 bits per heavy atom. The first kappa shape index (κ1) is 19.4. The van der Waals surface area contributed by atoms with E-state index in [1.165, 1.54) is 0 Å². The van der Waals surface area contributed by atoms with Gasteiger partial charge in [0, 0.05) is 25.3 Å². The summed E-state index contributed by atoms with van der Waals surface area (Å²) < 4.78 is 5.65. The van der Waals surface area contributed by atoms with Crippen LogP contribution >= 0.6 is 0 Å². The third-order valence-electron chi connectivity index (χ3n) is 4.60. The molecule has 1 aliphatic rings. The first-order valence-corrected chi connectivity index (χ1v) is 9.12. The maximum Gasteiger partial charge on any atom is 0.244 e. The molecule has 25 heavy (non-hydrogen) atoms. The van der Waals surface area contributed by atoms with Crippen molar-refractivity contribution < 1.29 is 14.3 Å². The van der Waals surface area contributed by atoms with E-state index < -0.39 is 0 Å². The Hall–Kier alpha value is -1.88. The number of aryl methyl sites for hydroxylation is 1. The van der Waals surface area contributed by atoms with Crippen LogP contribution < -0.4 is 5.32 Å². The summed E-state index contributed by atoms with van der Waals surface area (Å²) in [7, 11) is 0. The number of ether oxygens (including phenoxy) is 1. The normalized spacial score (nSPS) is 16.9. The van der Waals surface area contributed by atoms with E-state index in [2.05, 4.69) is 5.32 Å². The van der Waals surface area contributed by atoms with E-state index in [1.807, 2.05) is 45.9 Å². The predicted molar refractivity (Wildman–Crippen MR) is 99.6 cm³/mol. The highest BCUT2D eigenvalue weighted by molar-refractivity contribution is 5.95. The lowest BCUT2D eigenvalue weighted by Crippen LogP contribution is -2.42. The number of nitrogens with one attached hydrogen (secondary N) is 1. The van der Waals surface area contributed by atoms with Gasteiger partial charge in [-0.05, 0) is 49.8 Å². The highest BCUT2D eigenvalue weighted by atomic mass is 16.5. The van der Waals surface area contributed by atoms with Crippen LogP contribution in [0.15, 0.2) is 18.2 Å². The van der Waals surface area contributed by atoms with Gasteiger partial charge in [-0.15, -0.1) is 0 Å². The second kappa shape index (κ2) is 8.99. The van der Waals surface area contributed by atoms with Crippen molar-refractivity contribution in [3.63, 3.8) is 0 Å². The summed E-state index contributed by atoms with van der Waals surface area (Å²) >= 11 is 0. The highest BCUT2D eigenvalue weighted by Crippen LogP contribution is 2.19. The second-order valence-electron chi connectivity index (χ2n) is 7.30. The minimum Gasteiger partial charge on any atom is -0.376 e. The van der Waals surface area contributed by atoms with Gasteiger partial charge in [0.05, 0.1) is 12.6 Å². The molecule has 1 aromatic rings. The molecule has 0 aliphatic carbocycles. The summed E-state index contributed by atoms with van der Waals surface area (Å²) in [6, 6.07) is 5.83. The molecule has 1 aliphatic heterocycles. The molecule has 1 fully saturated rings. The van der Waals surface area contributed by atoms with Crippen LogP contribution in [-0.4, -0.2) is 42.5 Å². The third-order valence-corrected chi connectivity index (χ3v) is 4.60. The second-order valence-corrected chi connectivity index (χ2v) is 7.30. The fourth-order valence-electron chi connectivity index (χ4n) is 3.02. The van der Waals surface area contributed by atoms with E-state index in [-0.39, 0.29) is 30.4 Å². The maximum absolute atomic E-state index is 12.5. The Morgan fingerprint density at radius 3 is 2.72 bits per heavy atom. The number of carbonyl (C=O) groups excluding carboxylic acids is 2. The van der Waals surface area contributed by atoms with Gasteiger partial charge >= 0.3 is 0 Å². The summed E-state index contributed by atoms with van der Waals surface area (Å²) in [6.07, 6.45) is 2.46. The third kappa shape index (κ3) is 5.85. The zero-order chi connectivity index (χ0) is 18.4. The van der Waals surface area contributed by atoms with Crippen molar-refractivity contribution in [2.75, 3.05) is 25.0 Å². The number of benzene rings is 1. The molecular formula is C20H30N2O3. The average molecular weight is 346 g/mol. The highest BCUT2D eigenvalue weighted by Gasteiger charge is 2.24. The van der Waals surface area contributed by atoms with Gasteiger partial charge in [0.15, 0.2) is 0 Å². The van der Waals surface area contributed by atoms with E-state index in [0.29, 0.717) is 13.0 Å². The Morgan fingerprint density at radius 1 is 1.32 bits per heavy atom. The molecule has 0 saturated carbocycles. The molecule has 0 spiro atoms. The summed E-state index contributed by atoms with van der Waals surface area (Å²) in [6.45, 7) is 9.33. The molecule has 0 aromatic heterocycles. The largest absolute Gasteiger partial charge is 0.376 e. The quantitative estimate of drug-likeness (QED) is 0.824. The first-order chi connectivity index (χ1) is 11.9. The molecule has 0 bridgehead atoms. The van der Waals surface area contributed by atoms with Gasteiger partial charge < -0.3 is 15.0 Å². The number of nitrogens with zero attached hydrogens (tertiary/aromatic N) is 1. The van der Waals surface area contributed by atoms with Gasteiger partial charge in [0.2, 0.25) is 11.8 Å². The molecule has 2 amide bonds. The molecule has 138 valence electrons. The summed E-state index contributed by atoms with van der Waals surface area (Å²) in [5.74, 6) is 0.118. The summed E-state index contributed by atoms with van der Waals surface area (Å²) in [5, 5.41) is 2.94. The molecule has 5 nitrogen and oxygen atoms in total. The molecule has 1 saturated heterocycles. The molecule has 0 radical (unpaired) electrons. The molecule has 1 unspecified atom stereocenters. The molecular weight excluding hydrogens is 316 g/mol. The van der Waals surface area contributed by atoms with Crippen LogP contribution in [0.5, 0.6) is 0 Å². The fraction of sp³-hybridized carbons (Fsp3) is 0.600. The maximum atomic E-state index is 12.5. The van der Waals surface area contributed by atoms with Crippen molar-refractivity contribution in [3.8, 4) is 0 Å². The predicted octanol–water partition coefficient (Wildman–Crippen LogP) is 3.30. The van der Waals surface area contributed by atoms with Crippen molar-refractivity contribution in [1.29, 1.82) is 0 Å². The lowest BCUT2D eigenvalue weighted by molar-refractivity contribution is -0.136. The Labute approximate surface area is 150 Å². The summed E-state index contributed by atoms with van der Waals surface area (Å²) in [5.41, 5.74) is 2.98. The molecule has 1 aromatic carbocycles. The minimum absolute atomic E-state index is 0.0154. The van der Waals surface area contributed by atoms with Crippen molar-refractivity contribution in [1.82, 2.24) is 4.90 Å². The standard InChI is InChI=1S/C20H30N2O3/c1-14(2)11-20(24)22(12-17-8-6-10-25-17)13-19(23)21-18-9-5-7-15(3)16(18)4/h5,7,9,14,17H,6,8,10-13H2,1-4H3,(H,21,23). The number of anilines is 1. The lowest BCUT2D eigenvalue weighted by atomic mass is 10.1. The van der Waals surface area contributed by atoms with E-state index >= 15 is 0 Å². The topological polar surface area (TPSA) is 58.6 Å². The average Bonchev–Trinajstić information content (AvgIpc) is 3.03. The molecule has 1 atom stereocenters. The van der Waals surface area contributed by atoms with Crippen molar-refractivity contribution in [2.24, 2.45) is 5.92 Å². The van der Waals surface area contributed by atoms with E-state index in [9.17, 15) is 9.59 Å². The van der Waals surface area contributed by atoms with E-state index in [1.54, 1.807) is 4.90 Å². The molecule has 1 heterocycles. The van der Waals surface area contributed by atoms with Crippen molar-refractivity contribution in [2.45, 2.75) is 53.1 Å². The van der Waals surface area contributed by atoms with E-state index in [4.69, 9.17) is 4.74 Å². The van der Waals surface area contributed by atoms with Crippen LogP contribution in [0.3, 0.4) is 0 Å². The van der Waals surface area contributed by atoms with Crippen molar-refractivity contribution in [3.05, 3.63) is 29.3 Å². The van der Waals surface area contributed by atoms with Gasteiger partial charge in [-0.2, -0.15) is 0 Å². The number of rotatable bonds is 7. The number of hydrogen-bond acceptors (Lipinski definition) is 3. The Balaban J connectivity index is 2.02. The van der Waals surface area contributed by atoms with Gasteiger partial charge in [0.25, 0.3) is 0 Å². The zero-order valence-corrected chi connectivity index (χ0v) is 15.8. The molecule has 2 rings (SSSR count). The number of hydrogen-bond donors (Lipinski definition) is 1. The van der Waals surface area contributed by atoms with Gasteiger partial charge in [-0.1, -0.05) is 26.0 Å². The Bertz CT molecular complexity index is 607. The lowest BCUT2D eigenvalue weighted by Gasteiger charge is -2.26. The van der Waals surface area contributed by atoms with Crippen LogP contribution in [0, 0.1) is 19.8 Å². The van der Waals surface area contributed by atoms with Gasteiger partial charge in [-0.25, -0.2) is 0 Å². The first-order valence-electron chi connectivity index (χ1n) is 9.12. The molecule has 1 N–H and O–H groups in total. The van der Waals surface area contributed by atoms with Crippen LogP contribution in [0.1, 0.15) is 44.2 Å². The van der Waals surface area contributed by atoms with E-state index in [0.717, 1.165) is 36.3 Å². The van der Waals surface area contributed by atoms with Gasteiger partial charge in [-0.3, -0.25) is 9.59 Å². The van der Waals surface area contributed by atoms with Gasteiger partial charge in [0.1, 0.15) is 0 Å². The minimum atomic E-state index is -0.163. The van der Waals surface area contributed by atoms with Crippen LogP contribution in [0.4, 0.5) is 5.69 Å². The zero-order valence-electron chi connectivity index (χ0n) is 15.8. The number of carbonyl (C=O) groups is 2. The molecule has 5 heteroatoms. The Kier molecular flexibility index (Phi) is 7.00.